The van der Waals surface area contributed by atoms with E-state index < -0.39 is 0 Å². The van der Waals surface area contributed by atoms with Gasteiger partial charge in [0.05, 0.1) is 11.4 Å². The Kier molecular flexibility index (Phi) is 4.28. The Balaban J connectivity index is 1.94. The Morgan fingerprint density at radius 3 is 3.00 bits per heavy atom. The summed E-state index contributed by atoms with van der Waals surface area (Å²) >= 11 is 1.61. The highest BCUT2D eigenvalue weighted by atomic mass is 32.1. The summed E-state index contributed by atoms with van der Waals surface area (Å²) in [4.78, 5) is 3.23. The molecule has 4 nitrogen and oxygen atoms in total. The van der Waals surface area contributed by atoms with Crippen molar-refractivity contribution in [1.29, 1.82) is 0 Å². The smallest absolute Gasteiger partial charge is 0.257 e. The molecule has 0 amide bonds. The molecular weight excluding hydrogens is 234 g/mol. The lowest BCUT2D eigenvalue weighted by Crippen LogP contribution is -2.19. The van der Waals surface area contributed by atoms with E-state index in [-0.39, 0.29) is 0 Å². The first kappa shape index (κ1) is 12.3. The largest absolute Gasteiger partial charge is 0.419 e. The van der Waals surface area contributed by atoms with Gasteiger partial charge in [-0.05, 0) is 31.5 Å². The number of hydrogen-bond acceptors (Lipinski definition) is 5. The topological polar surface area (TPSA) is 42.2 Å². The Labute approximate surface area is 105 Å². The molecule has 0 saturated carbocycles. The second kappa shape index (κ2) is 5.93. The van der Waals surface area contributed by atoms with Crippen LogP contribution >= 0.6 is 11.3 Å². The van der Waals surface area contributed by atoms with E-state index in [1.165, 1.54) is 12.8 Å². The van der Waals surface area contributed by atoms with Gasteiger partial charge in [0.15, 0.2) is 0 Å². The normalized spacial score (nSPS) is 11.2. The molecule has 2 rings (SSSR count). The predicted molar refractivity (Wildman–Crippen MR) is 68.9 cm³/mol. The molecule has 0 atom stereocenters. The van der Waals surface area contributed by atoms with E-state index in [0.717, 1.165) is 18.0 Å². The molecule has 2 aromatic heterocycles. The van der Waals surface area contributed by atoms with E-state index in [9.17, 15) is 0 Å². The molecule has 17 heavy (non-hydrogen) atoms. The summed E-state index contributed by atoms with van der Waals surface area (Å²) in [5.74, 6) is 1.31. The van der Waals surface area contributed by atoms with Crippen LogP contribution in [0.25, 0.3) is 10.8 Å². The number of rotatable bonds is 6. The van der Waals surface area contributed by atoms with E-state index >= 15 is 0 Å². The average molecular weight is 251 g/mol. The van der Waals surface area contributed by atoms with E-state index in [1.807, 2.05) is 17.5 Å². The van der Waals surface area contributed by atoms with Crippen LogP contribution in [0, 0.1) is 0 Å². The summed E-state index contributed by atoms with van der Waals surface area (Å²) < 4.78 is 5.63. The maximum Gasteiger partial charge on any atom is 0.257 e. The van der Waals surface area contributed by atoms with Crippen LogP contribution in [0.3, 0.4) is 0 Å². The summed E-state index contributed by atoms with van der Waals surface area (Å²) in [6.45, 7) is 3.97. The second-order valence-corrected chi connectivity index (χ2v) is 5.02. The van der Waals surface area contributed by atoms with Gasteiger partial charge in [0.1, 0.15) is 0 Å². The van der Waals surface area contributed by atoms with Gasteiger partial charge in [-0.25, -0.2) is 0 Å². The molecule has 0 N–H and O–H groups in total. The van der Waals surface area contributed by atoms with Crippen molar-refractivity contribution in [2.45, 2.75) is 26.3 Å². The molecule has 0 aliphatic heterocycles. The third-order valence-electron chi connectivity index (χ3n) is 2.50. The van der Waals surface area contributed by atoms with Gasteiger partial charge in [-0.1, -0.05) is 19.4 Å². The standard InChI is InChI=1S/C12H17N3OS/c1-3-4-7-15(2)9-11-13-14-12(16-11)10-6-5-8-17-10/h5-6,8H,3-4,7,9H2,1-2H3. The highest BCUT2D eigenvalue weighted by Gasteiger charge is 2.10. The van der Waals surface area contributed by atoms with Gasteiger partial charge in [-0.3, -0.25) is 4.90 Å². The number of aromatic nitrogens is 2. The lowest BCUT2D eigenvalue weighted by atomic mass is 10.3. The fraction of sp³-hybridized carbons (Fsp3) is 0.500. The minimum absolute atomic E-state index is 0.624. The van der Waals surface area contributed by atoms with Gasteiger partial charge in [0.2, 0.25) is 5.89 Å². The maximum atomic E-state index is 5.63. The van der Waals surface area contributed by atoms with E-state index in [0.29, 0.717) is 11.8 Å². The van der Waals surface area contributed by atoms with Crippen molar-refractivity contribution in [2.75, 3.05) is 13.6 Å². The molecule has 0 aromatic carbocycles. The summed E-state index contributed by atoms with van der Waals surface area (Å²) in [5.41, 5.74) is 0. The Morgan fingerprint density at radius 1 is 1.41 bits per heavy atom. The minimum atomic E-state index is 0.624. The number of unbranched alkanes of at least 4 members (excludes halogenated alkanes) is 1. The molecule has 0 radical (unpaired) electrons. The summed E-state index contributed by atoms with van der Waals surface area (Å²) in [7, 11) is 2.07. The first-order valence-corrected chi connectivity index (χ1v) is 6.72. The predicted octanol–water partition coefficient (Wildman–Crippen LogP) is 3.03. The zero-order valence-electron chi connectivity index (χ0n) is 10.2. The van der Waals surface area contributed by atoms with E-state index in [4.69, 9.17) is 4.42 Å². The summed E-state index contributed by atoms with van der Waals surface area (Å²) in [6, 6.07) is 3.97. The average Bonchev–Trinajstić information content (AvgIpc) is 2.95. The quantitative estimate of drug-likeness (QED) is 0.791. The van der Waals surface area contributed by atoms with Gasteiger partial charge in [-0.15, -0.1) is 21.5 Å². The van der Waals surface area contributed by atoms with Crippen molar-refractivity contribution < 1.29 is 4.42 Å². The molecule has 0 fully saturated rings. The Bertz CT molecular complexity index is 438. The molecule has 0 bridgehead atoms. The van der Waals surface area contributed by atoms with Crippen LogP contribution in [0.5, 0.6) is 0 Å². The third kappa shape index (κ3) is 3.38. The van der Waals surface area contributed by atoms with Crippen LogP contribution in [0.2, 0.25) is 0 Å². The van der Waals surface area contributed by atoms with Crippen molar-refractivity contribution in [3.63, 3.8) is 0 Å². The van der Waals surface area contributed by atoms with Gasteiger partial charge in [0, 0.05) is 0 Å². The number of thiophene rings is 1. The van der Waals surface area contributed by atoms with E-state index in [1.54, 1.807) is 11.3 Å². The van der Waals surface area contributed by atoms with Crippen LogP contribution in [-0.2, 0) is 6.54 Å². The minimum Gasteiger partial charge on any atom is -0.419 e. The molecule has 0 unspecified atom stereocenters. The Hall–Kier alpha value is -1.20. The molecule has 2 heterocycles. The summed E-state index contributed by atoms with van der Waals surface area (Å²) in [5, 5.41) is 10.1. The number of nitrogens with zero attached hydrogens (tertiary/aromatic N) is 3. The van der Waals surface area contributed by atoms with Crippen LogP contribution in [0.1, 0.15) is 25.7 Å². The molecular formula is C12H17N3OS. The fourth-order valence-electron chi connectivity index (χ4n) is 1.56. The monoisotopic (exact) mass is 251 g/mol. The number of hydrogen-bond donors (Lipinski definition) is 0. The molecule has 0 spiro atoms. The van der Waals surface area contributed by atoms with Crippen LogP contribution in [0.4, 0.5) is 0 Å². The molecule has 0 saturated heterocycles. The SMILES string of the molecule is CCCCN(C)Cc1nnc(-c2cccs2)o1. The van der Waals surface area contributed by atoms with Crippen LogP contribution in [-0.4, -0.2) is 28.7 Å². The zero-order valence-corrected chi connectivity index (χ0v) is 11.0. The van der Waals surface area contributed by atoms with Crippen molar-refractivity contribution in [3.05, 3.63) is 23.4 Å². The van der Waals surface area contributed by atoms with Gasteiger partial charge in [-0.2, -0.15) is 0 Å². The first-order chi connectivity index (χ1) is 8.29. The molecule has 2 aromatic rings. The highest BCUT2D eigenvalue weighted by molar-refractivity contribution is 7.13. The summed E-state index contributed by atoms with van der Waals surface area (Å²) in [6.07, 6.45) is 2.40. The molecule has 0 aliphatic carbocycles. The van der Waals surface area contributed by atoms with E-state index in [2.05, 4.69) is 29.1 Å². The van der Waals surface area contributed by atoms with Gasteiger partial charge >= 0.3 is 0 Å². The van der Waals surface area contributed by atoms with Crippen LogP contribution < -0.4 is 0 Å². The van der Waals surface area contributed by atoms with Gasteiger partial charge in [0.25, 0.3) is 5.89 Å². The van der Waals surface area contributed by atoms with Gasteiger partial charge < -0.3 is 4.42 Å². The highest BCUT2D eigenvalue weighted by Crippen LogP contribution is 2.23. The lowest BCUT2D eigenvalue weighted by molar-refractivity contribution is 0.286. The molecule has 5 heteroatoms. The fourth-order valence-corrected chi connectivity index (χ4v) is 2.20. The van der Waals surface area contributed by atoms with Crippen LogP contribution in [0.15, 0.2) is 21.9 Å². The molecule has 92 valence electrons. The van der Waals surface area contributed by atoms with Crippen molar-refractivity contribution in [3.8, 4) is 10.8 Å². The third-order valence-corrected chi connectivity index (χ3v) is 3.36. The Morgan fingerprint density at radius 2 is 2.29 bits per heavy atom. The van der Waals surface area contributed by atoms with Crippen molar-refractivity contribution >= 4 is 11.3 Å². The maximum absolute atomic E-state index is 5.63. The first-order valence-electron chi connectivity index (χ1n) is 5.84. The van der Waals surface area contributed by atoms with Crippen molar-refractivity contribution in [2.24, 2.45) is 0 Å². The second-order valence-electron chi connectivity index (χ2n) is 4.07. The molecule has 0 aliphatic rings. The van der Waals surface area contributed by atoms with Crippen molar-refractivity contribution in [1.82, 2.24) is 15.1 Å². The lowest BCUT2D eigenvalue weighted by Gasteiger charge is -2.12. The zero-order chi connectivity index (χ0) is 12.1.